The molecule has 1 aromatic heterocycles. The number of hydrogen-bond acceptors (Lipinski definition) is 5. The highest BCUT2D eigenvalue weighted by molar-refractivity contribution is 6.30. The lowest BCUT2D eigenvalue weighted by Crippen LogP contribution is -2.37. The Morgan fingerprint density at radius 3 is 2.41 bits per heavy atom. The van der Waals surface area contributed by atoms with Gasteiger partial charge in [0.2, 0.25) is 5.95 Å². The van der Waals surface area contributed by atoms with Gasteiger partial charge >= 0.3 is 0 Å². The van der Waals surface area contributed by atoms with Gasteiger partial charge in [-0.2, -0.15) is 0 Å². The van der Waals surface area contributed by atoms with Gasteiger partial charge in [-0.15, -0.1) is 0 Å². The maximum absolute atomic E-state index is 12.1. The van der Waals surface area contributed by atoms with Gasteiger partial charge in [0.25, 0.3) is 5.91 Å². The van der Waals surface area contributed by atoms with Gasteiger partial charge in [-0.1, -0.05) is 11.6 Å². The van der Waals surface area contributed by atoms with Crippen molar-refractivity contribution in [3.63, 3.8) is 0 Å². The number of nitrogens with zero attached hydrogens (tertiary/aromatic N) is 3. The van der Waals surface area contributed by atoms with E-state index in [0.29, 0.717) is 35.4 Å². The predicted molar refractivity (Wildman–Crippen MR) is 84.5 cm³/mol. The summed E-state index contributed by atoms with van der Waals surface area (Å²) in [6.07, 6.45) is 3.21. The van der Waals surface area contributed by atoms with Gasteiger partial charge in [-0.05, 0) is 24.3 Å². The van der Waals surface area contributed by atoms with Gasteiger partial charge in [-0.3, -0.25) is 4.79 Å². The van der Waals surface area contributed by atoms with Crippen molar-refractivity contribution < 1.29 is 9.53 Å². The van der Waals surface area contributed by atoms with E-state index in [9.17, 15) is 4.79 Å². The quantitative estimate of drug-likeness (QED) is 0.940. The molecule has 1 aliphatic heterocycles. The van der Waals surface area contributed by atoms with Gasteiger partial charge in [-0.25, -0.2) is 9.97 Å². The van der Waals surface area contributed by atoms with Crippen LogP contribution in [0.5, 0.6) is 0 Å². The van der Waals surface area contributed by atoms with Crippen molar-refractivity contribution in [3.05, 3.63) is 47.2 Å². The lowest BCUT2D eigenvalue weighted by Gasteiger charge is -2.26. The van der Waals surface area contributed by atoms with Crippen LogP contribution in [0.4, 0.5) is 11.6 Å². The SMILES string of the molecule is O=C(Nc1cnc(N2CCOCC2)nc1)c1ccc(Cl)cc1. The molecular weight excluding hydrogens is 304 g/mol. The number of halogens is 1. The minimum atomic E-state index is -0.223. The first-order valence-corrected chi connectivity index (χ1v) is 7.32. The standard InChI is InChI=1S/C15H15ClN4O2/c16-12-3-1-11(2-4-12)14(21)19-13-9-17-15(18-10-13)20-5-7-22-8-6-20/h1-4,9-10H,5-8H2,(H,19,21). The molecule has 2 aromatic rings. The number of aromatic nitrogens is 2. The van der Waals surface area contributed by atoms with E-state index in [-0.39, 0.29) is 5.91 Å². The van der Waals surface area contributed by atoms with E-state index in [2.05, 4.69) is 15.3 Å². The zero-order valence-corrected chi connectivity index (χ0v) is 12.6. The molecule has 1 saturated heterocycles. The van der Waals surface area contributed by atoms with Gasteiger partial charge in [0.05, 0.1) is 31.3 Å². The summed E-state index contributed by atoms with van der Waals surface area (Å²) in [5.74, 6) is 0.423. The summed E-state index contributed by atoms with van der Waals surface area (Å²) in [5, 5.41) is 3.35. The van der Waals surface area contributed by atoms with Crippen molar-refractivity contribution in [2.24, 2.45) is 0 Å². The topological polar surface area (TPSA) is 67.4 Å². The summed E-state index contributed by atoms with van der Waals surface area (Å²) < 4.78 is 5.29. The molecule has 0 unspecified atom stereocenters. The molecule has 0 spiro atoms. The van der Waals surface area contributed by atoms with Crippen molar-refractivity contribution >= 4 is 29.1 Å². The van der Waals surface area contributed by atoms with Crippen LogP contribution in [0.25, 0.3) is 0 Å². The number of anilines is 2. The number of hydrogen-bond donors (Lipinski definition) is 1. The Morgan fingerprint density at radius 2 is 1.77 bits per heavy atom. The van der Waals surface area contributed by atoms with Crippen LogP contribution in [-0.4, -0.2) is 42.2 Å². The predicted octanol–water partition coefficient (Wildman–Crippen LogP) is 2.22. The van der Waals surface area contributed by atoms with E-state index in [4.69, 9.17) is 16.3 Å². The largest absolute Gasteiger partial charge is 0.378 e. The van der Waals surface area contributed by atoms with E-state index in [1.54, 1.807) is 36.7 Å². The summed E-state index contributed by atoms with van der Waals surface area (Å²) in [6.45, 7) is 2.91. The van der Waals surface area contributed by atoms with Crippen LogP contribution >= 0.6 is 11.6 Å². The van der Waals surface area contributed by atoms with Crippen LogP contribution < -0.4 is 10.2 Å². The third-order valence-corrected chi connectivity index (χ3v) is 3.55. The third kappa shape index (κ3) is 3.52. The number of carbonyl (C=O) groups is 1. The monoisotopic (exact) mass is 318 g/mol. The van der Waals surface area contributed by atoms with Crippen molar-refractivity contribution in [3.8, 4) is 0 Å². The lowest BCUT2D eigenvalue weighted by atomic mass is 10.2. The second-order valence-electron chi connectivity index (χ2n) is 4.83. The molecule has 0 saturated carbocycles. The molecule has 3 rings (SSSR count). The number of benzene rings is 1. The molecule has 1 N–H and O–H groups in total. The fraction of sp³-hybridized carbons (Fsp3) is 0.267. The minimum absolute atomic E-state index is 0.223. The van der Waals surface area contributed by atoms with Crippen molar-refractivity contribution in [1.82, 2.24) is 9.97 Å². The highest BCUT2D eigenvalue weighted by Gasteiger charge is 2.14. The van der Waals surface area contributed by atoms with E-state index in [1.165, 1.54) is 0 Å². The molecule has 7 heteroatoms. The van der Waals surface area contributed by atoms with Crippen molar-refractivity contribution in [2.75, 3.05) is 36.5 Å². The second kappa shape index (κ2) is 6.72. The Labute approximate surface area is 133 Å². The van der Waals surface area contributed by atoms with Gasteiger partial charge in [0, 0.05) is 23.7 Å². The molecule has 0 radical (unpaired) electrons. The summed E-state index contributed by atoms with van der Waals surface area (Å²) in [4.78, 5) is 22.7. The first-order chi connectivity index (χ1) is 10.7. The normalized spacial score (nSPS) is 14.7. The van der Waals surface area contributed by atoms with Crippen LogP contribution in [0.3, 0.4) is 0 Å². The minimum Gasteiger partial charge on any atom is -0.378 e. The fourth-order valence-electron chi connectivity index (χ4n) is 2.12. The molecule has 6 nitrogen and oxygen atoms in total. The molecule has 0 aliphatic carbocycles. The number of rotatable bonds is 3. The number of carbonyl (C=O) groups excluding carboxylic acids is 1. The van der Waals surface area contributed by atoms with Crippen molar-refractivity contribution in [2.45, 2.75) is 0 Å². The van der Waals surface area contributed by atoms with Crippen molar-refractivity contribution in [1.29, 1.82) is 0 Å². The summed E-state index contributed by atoms with van der Waals surface area (Å²) in [5.41, 5.74) is 1.08. The molecule has 22 heavy (non-hydrogen) atoms. The van der Waals surface area contributed by atoms with Crippen LogP contribution in [0.15, 0.2) is 36.7 Å². The van der Waals surface area contributed by atoms with Gasteiger partial charge in [0.1, 0.15) is 0 Å². The lowest BCUT2D eigenvalue weighted by molar-refractivity contribution is 0.102. The van der Waals surface area contributed by atoms with E-state index in [0.717, 1.165) is 13.1 Å². The average Bonchev–Trinajstić information content (AvgIpc) is 2.57. The van der Waals surface area contributed by atoms with E-state index in [1.807, 2.05) is 4.90 Å². The highest BCUT2D eigenvalue weighted by atomic mass is 35.5. The summed E-state index contributed by atoms with van der Waals surface area (Å²) >= 11 is 5.80. The molecule has 0 bridgehead atoms. The Morgan fingerprint density at radius 1 is 1.14 bits per heavy atom. The van der Waals surface area contributed by atoms with Crippen LogP contribution in [0.2, 0.25) is 5.02 Å². The first-order valence-electron chi connectivity index (χ1n) is 6.94. The molecule has 1 fully saturated rings. The fourth-order valence-corrected chi connectivity index (χ4v) is 2.24. The average molecular weight is 319 g/mol. The van der Waals surface area contributed by atoms with Crippen LogP contribution in [0, 0.1) is 0 Å². The Bertz CT molecular complexity index is 640. The maximum Gasteiger partial charge on any atom is 0.255 e. The summed E-state index contributed by atoms with van der Waals surface area (Å²) in [6, 6.07) is 6.68. The number of amides is 1. The number of nitrogens with one attached hydrogen (secondary N) is 1. The summed E-state index contributed by atoms with van der Waals surface area (Å²) in [7, 11) is 0. The molecule has 1 aromatic carbocycles. The molecule has 1 amide bonds. The van der Waals surface area contributed by atoms with E-state index < -0.39 is 0 Å². The molecule has 2 heterocycles. The Kier molecular flexibility index (Phi) is 4.50. The zero-order valence-electron chi connectivity index (χ0n) is 11.8. The maximum atomic E-state index is 12.1. The van der Waals surface area contributed by atoms with E-state index >= 15 is 0 Å². The second-order valence-corrected chi connectivity index (χ2v) is 5.27. The molecule has 1 aliphatic rings. The Balaban J connectivity index is 1.65. The molecule has 0 atom stereocenters. The smallest absolute Gasteiger partial charge is 0.255 e. The first kappa shape index (κ1) is 14.7. The van der Waals surface area contributed by atoms with Crippen LogP contribution in [-0.2, 0) is 4.74 Å². The zero-order chi connectivity index (χ0) is 15.4. The third-order valence-electron chi connectivity index (χ3n) is 3.30. The molecule has 114 valence electrons. The number of morpholine rings is 1. The molecular formula is C15H15ClN4O2. The van der Waals surface area contributed by atoms with Crippen LogP contribution in [0.1, 0.15) is 10.4 Å². The van der Waals surface area contributed by atoms with Gasteiger partial charge < -0.3 is 15.0 Å². The number of ether oxygens (including phenoxy) is 1. The Hall–Kier alpha value is -2.18. The van der Waals surface area contributed by atoms with Gasteiger partial charge in [0.15, 0.2) is 0 Å². The highest BCUT2D eigenvalue weighted by Crippen LogP contribution is 2.14.